The van der Waals surface area contributed by atoms with Crippen LogP contribution in [0.2, 0.25) is 0 Å². The quantitative estimate of drug-likeness (QED) is 0.559. The highest BCUT2D eigenvalue weighted by Gasteiger charge is 2.13. The number of rotatable bonds is 2. The lowest BCUT2D eigenvalue weighted by molar-refractivity contribution is 1.10. The van der Waals surface area contributed by atoms with Crippen molar-refractivity contribution in [1.29, 1.82) is 0 Å². The van der Waals surface area contributed by atoms with E-state index in [4.69, 9.17) is 10.7 Å². The van der Waals surface area contributed by atoms with Gasteiger partial charge in [-0.1, -0.05) is 48.5 Å². The molecular formula is C19H15N3. The second-order valence-electron chi connectivity index (χ2n) is 5.22. The largest absolute Gasteiger partial charge is 0.399 e. The maximum Gasteiger partial charge on any atom is 0.145 e. The fraction of sp³-hybridized carbons (Fsp3) is 0. The van der Waals surface area contributed by atoms with Crippen LogP contribution in [0.25, 0.3) is 28.1 Å². The van der Waals surface area contributed by atoms with Gasteiger partial charge in [0.1, 0.15) is 5.82 Å². The molecule has 0 radical (unpaired) electrons. The molecule has 0 saturated heterocycles. The maximum absolute atomic E-state index is 5.91. The Kier molecular flexibility index (Phi) is 2.90. The van der Waals surface area contributed by atoms with Gasteiger partial charge in [0, 0.05) is 16.9 Å². The maximum atomic E-state index is 5.91. The molecule has 3 aromatic carbocycles. The number of benzene rings is 3. The highest BCUT2D eigenvalue weighted by molar-refractivity contribution is 5.85. The first-order valence-electron chi connectivity index (χ1n) is 7.22. The summed E-state index contributed by atoms with van der Waals surface area (Å²) in [7, 11) is 0. The third-order valence-corrected chi connectivity index (χ3v) is 3.72. The van der Waals surface area contributed by atoms with E-state index in [1.807, 2.05) is 54.6 Å². The van der Waals surface area contributed by atoms with E-state index in [1.165, 1.54) is 0 Å². The number of nitrogen functional groups attached to an aromatic ring is 1. The highest BCUT2D eigenvalue weighted by Crippen LogP contribution is 2.29. The number of nitrogens with two attached hydrogens (primary N) is 1. The van der Waals surface area contributed by atoms with Crippen LogP contribution in [0.3, 0.4) is 0 Å². The van der Waals surface area contributed by atoms with Crippen molar-refractivity contribution in [3.63, 3.8) is 0 Å². The number of aromatic nitrogens is 2. The molecule has 0 amide bonds. The first-order valence-corrected chi connectivity index (χ1v) is 7.22. The topological polar surface area (TPSA) is 43.8 Å². The summed E-state index contributed by atoms with van der Waals surface area (Å²) >= 11 is 0. The minimum atomic E-state index is 0.727. The van der Waals surface area contributed by atoms with E-state index in [1.54, 1.807) is 0 Å². The SMILES string of the molecule is Nc1ccc2c(c1)nc(-c1ccccc1)n2-c1ccccc1. The number of imidazole rings is 1. The van der Waals surface area contributed by atoms with Crippen LogP contribution < -0.4 is 5.73 Å². The Morgan fingerprint density at radius 2 is 1.45 bits per heavy atom. The van der Waals surface area contributed by atoms with Crippen molar-refractivity contribution in [3.05, 3.63) is 78.9 Å². The Labute approximate surface area is 128 Å². The summed E-state index contributed by atoms with van der Waals surface area (Å²) in [6, 6.07) is 26.3. The van der Waals surface area contributed by atoms with Gasteiger partial charge >= 0.3 is 0 Å². The van der Waals surface area contributed by atoms with Crippen molar-refractivity contribution in [1.82, 2.24) is 9.55 Å². The van der Waals surface area contributed by atoms with Crippen LogP contribution in [0.4, 0.5) is 5.69 Å². The molecule has 0 bridgehead atoms. The van der Waals surface area contributed by atoms with Crippen LogP contribution in [0, 0.1) is 0 Å². The van der Waals surface area contributed by atoms with E-state index in [9.17, 15) is 0 Å². The van der Waals surface area contributed by atoms with E-state index >= 15 is 0 Å². The molecule has 1 heterocycles. The first-order chi connectivity index (χ1) is 10.8. The summed E-state index contributed by atoms with van der Waals surface area (Å²) in [6.07, 6.45) is 0. The van der Waals surface area contributed by atoms with Crippen molar-refractivity contribution in [2.75, 3.05) is 5.73 Å². The summed E-state index contributed by atoms with van der Waals surface area (Å²) in [5.74, 6) is 0.924. The zero-order valence-electron chi connectivity index (χ0n) is 12.0. The second-order valence-corrected chi connectivity index (χ2v) is 5.22. The standard InChI is InChI=1S/C19H15N3/c20-15-11-12-18-17(13-15)21-19(14-7-3-1-4-8-14)22(18)16-9-5-2-6-10-16/h1-13H,20H2. The molecule has 4 rings (SSSR count). The molecule has 0 spiro atoms. The monoisotopic (exact) mass is 285 g/mol. The van der Waals surface area contributed by atoms with Gasteiger partial charge in [0.05, 0.1) is 11.0 Å². The van der Waals surface area contributed by atoms with Crippen LogP contribution in [-0.4, -0.2) is 9.55 Å². The average molecular weight is 285 g/mol. The number of hydrogen-bond acceptors (Lipinski definition) is 2. The molecule has 3 heteroatoms. The summed E-state index contributed by atoms with van der Waals surface area (Å²) in [5, 5.41) is 0. The highest BCUT2D eigenvalue weighted by atomic mass is 15.1. The lowest BCUT2D eigenvalue weighted by atomic mass is 10.2. The average Bonchev–Trinajstić information content (AvgIpc) is 2.95. The van der Waals surface area contributed by atoms with Crippen molar-refractivity contribution in [3.8, 4) is 17.1 Å². The van der Waals surface area contributed by atoms with Gasteiger partial charge in [0.15, 0.2) is 0 Å². The first kappa shape index (κ1) is 12.7. The van der Waals surface area contributed by atoms with Gasteiger partial charge < -0.3 is 5.73 Å². The fourth-order valence-corrected chi connectivity index (χ4v) is 2.72. The van der Waals surface area contributed by atoms with E-state index in [0.717, 1.165) is 33.8 Å². The summed E-state index contributed by atoms with van der Waals surface area (Å²) in [6.45, 7) is 0. The van der Waals surface area contributed by atoms with Gasteiger partial charge in [-0.3, -0.25) is 4.57 Å². The van der Waals surface area contributed by atoms with E-state index < -0.39 is 0 Å². The van der Waals surface area contributed by atoms with Gasteiger partial charge in [0.2, 0.25) is 0 Å². The van der Waals surface area contributed by atoms with Crippen LogP contribution in [0.1, 0.15) is 0 Å². The van der Waals surface area contributed by atoms with Crippen LogP contribution >= 0.6 is 0 Å². The third-order valence-electron chi connectivity index (χ3n) is 3.72. The Balaban J connectivity index is 2.07. The predicted octanol–water partition coefficient (Wildman–Crippen LogP) is 4.27. The molecule has 4 aromatic rings. The zero-order chi connectivity index (χ0) is 14.9. The molecule has 2 N–H and O–H groups in total. The summed E-state index contributed by atoms with van der Waals surface area (Å²) in [4.78, 5) is 4.80. The van der Waals surface area contributed by atoms with Crippen LogP contribution in [0.15, 0.2) is 78.9 Å². The van der Waals surface area contributed by atoms with Gasteiger partial charge in [-0.25, -0.2) is 4.98 Å². The Morgan fingerprint density at radius 3 is 2.18 bits per heavy atom. The number of nitrogens with zero attached hydrogens (tertiary/aromatic N) is 2. The van der Waals surface area contributed by atoms with E-state index in [2.05, 4.69) is 28.8 Å². The van der Waals surface area contributed by atoms with Gasteiger partial charge in [-0.15, -0.1) is 0 Å². The van der Waals surface area contributed by atoms with Gasteiger partial charge in [0.25, 0.3) is 0 Å². The third kappa shape index (κ3) is 2.04. The van der Waals surface area contributed by atoms with Crippen molar-refractivity contribution < 1.29 is 0 Å². The molecule has 0 fully saturated rings. The minimum absolute atomic E-state index is 0.727. The Morgan fingerprint density at radius 1 is 0.773 bits per heavy atom. The lowest BCUT2D eigenvalue weighted by Crippen LogP contribution is -1.97. The number of fused-ring (bicyclic) bond motifs is 1. The molecule has 1 aromatic heterocycles. The number of anilines is 1. The molecule has 0 unspecified atom stereocenters. The molecule has 0 aliphatic heterocycles. The normalized spacial score (nSPS) is 10.9. The molecule has 0 saturated carbocycles. The van der Waals surface area contributed by atoms with Crippen LogP contribution in [-0.2, 0) is 0 Å². The number of hydrogen-bond donors (Lipinski definition) is 1. The predicted molar refractivity (Wildman–Crippen MR) is 90.9 cm³/mol. The molecule has 0 aliphatic rings. The van der Waals surface area contributed by atoms with Crippen molar-refractivity contribution >= 4 is 16.7 Å². The Bertz CT molecular complexity index is 925. The molecule has 3 nitrogen and oxygen atoms in total. The number of para-hydroxylation sites is 1. The van der Waals surface area contributed by atoms with Gasteiger partial charge in [-0.05, 0) is 30.3 Å². The molecule has 106 valence electrons. The lowest BCUT2D eigenvalue weighted by Gasteiger charge is -2.09. The zero-order valence-corrected chi connectivity index (χ0v) is 12.0. The summed E-state index contributed by atoms with van der Waals surface area (Å²) < 4.78 is 2.17. The van der Waals surface area contributed by atoms with E-state index in [0.29, 0.717) is 0 Å². The molecular weight excluding hydrogens is 270 g/mol. The summed E-state index contributed by atoms with van der Waals surface area (Å²) in [5.41, 5.74) is 10.8. The molecule has 0 atom stereocenters. The van der Waals surface area contributed by atoms with Gasteiger partial charge in [-0.2, -0.15) is 0 Å². The fourth-order valence-electron chi connectivity index (χ4n) is 2.72. The molecule has 22 heavy (non-hydrogen) atoms. The van der Waals surface area contributed by atoms with E-state index in [-0.39, 0.29) is 0 Å². The molecule has 0 aliphatic carbocycles. The smallest absolute Gasteiger partial charge is 0.145 e. The van der Waals surface area contributed by atoms with Crippen molar-refractivity contribution in [2.24, 2.45) is 0 Å². The van der Waals surface area contributed by atoms with Crippen molar-refractivity contribution in [2.45, 2.75) is 0 Å². The van der Waals surface area contributed by atoms with Crippen LogP contribution in [0.5, 0.6) is 0 Å². The minimum Gasteiger partial charge on any atom is -0.399 e. The second kappa shape index (κ2) is 5.04. The Hall–Kier alpha value is -3.07.